The molecule has 0 heterocycles. The number of ether oxygens (including phenoxy) is 3. The first-order valence-corrected chi connectivity index (χ1v) is 13.8. The highest BCUT2D eigenvalue weighted by Crippen LogP contribution is 2.26. The number of esters is 2. The Morgan fingerprint density at radius 3 is 1.98 bits per heavy atom. The largest absolute Gasteiger partial charge is 0.488 e. The van der Waals surface area contributed by atoms with E-state index >= 15 is 0 Å². The fraction of sp³-hybridized carbons (Fsp3) is 0.0286. The van der Waals surface area contributed by atoms with Gasteiger partial charge in [-0.2, -0.15) is 5.10 Å². The molecule has 5 aromatic carbocycles. The Bertz CT molecular complexity index is 1790. The van der Waals surface area contributed by atoms with E-state index in [0.29, 0.717) is 27.5 Å². The van der Waals surface area contributed by atoms with Gasteiger partial charge >= 0.3 is 11.9 Å². The van der Waals surface area contributed by atoms with Crippen LogP contribution in [0.1, 0.15) is 42.2 Å². The second-order valence-electron chi connectivity index (χ2n) is 9.32. The molecule has 0 bridgehead atoms. The van der Waals surface area contributed by atoms with Crippen molar-refractivity contribution < 1.29 is 28.6 Å². The maximum absolute atomic E-state index is 13.0. The highest BCUT2D eigenvalue weighted by atomic mass is 35.5. The highest BCUT2D eigenvalue weighted by Gasteiger charge is 2.16. The lowest BCUT2D eigenvalue weighted by Gasteiger charge is -2.11. The minimum Gasteiger partial charge on any atom is -0.488 e. The minimum atomic E-state index is -0.623. The molecule has 0 saturated carbocycles. The average Bonchev–Trinajstić information content (AvgIpc) is 3.06. The highest BCUT2D eigenvalue weighted by molar-refractivity contribution is 6.30. The number of amides is 1. The first kappa shape index (κ1) is 29.8. The number of hydrazone groups is 1. The number of rotatable bonds is 10. The Morgan fingerprint density at radius 1 is 0.682 bits per heavy atom. The molecule has 8 nitrogen and oxygen atoms in total. The van der Waals surface area contributed by atoms with Gasteiger partial charge in [-0.1, -0.05) is 72.3 Å². The summed E-state index contributed by atoms with van der Waals surface area (Å²) >= 11 is 5.95. The monoisotopic (exact) mass is 604 g/mol. The van der Waals surface area contributed by atoms with Crippen LogP contribution in [-0.2, 0) is 6.61 Å². The van der Waals surface area contributed by atoms with Crippen LogP contribution < -0.4 is 19.6 Å². The van der Waals surface area contributed by atoms with Gasteiger partial charge in [-0.05, 0) is 66.2 Å². The maximum atomic E-state index is 13.0. The topological polar surface area (TPSA) is 103 Å². The molecule has 0 fully saturated rings. The first-order valence-electron chi connectivity index (χ1n) is 13.4. The normalized spacial score (nSPS) is 10.7. The molecule has 0 aliphatic carbocycles. The van der Waals surface area contributed by atoms with Crippen LogP contribution in [0.5, 0.6) is 17.2 Å². The molecule has 0 spiro atoms. The average molecular weight is 605 g/mol. The molecule has 0 atom stereocenters. The molecule has 0 radical (unpaired) electrons. The second kappa shape index (κ2) is 14.4. The summed E-state index contributed by atoms with van der Waals surface area (Å²) in [5.41, 5.74) is 4.68. The van der Waals surface area contributed by atoms with Crippen LogP contribution in [-0.4, -0.2) is 24.1 Å². The van der Waals surface area contributed by atoms with Crippen LogP contribution in [0.2, 0.25) is 5.02 Å². The third-order valence-electron chi connectivity index (χ3n) is 6.23. The molecule has 44 heavy (non-hydrogen) atoms. The van der Waals surface area contributed by atoms with Crippen molar-refractivity contribution in [1.29, 1.82) is 0 Å². The Morgan fingerprint density at radius 2 is 1.30 bits per heavy atom. The van der Waals surface area contributed by atoms with Gasteiger partial charge in [0, 0.05) is 16.7 Å². The van der Waals surface area contributed by atoms with Crippen molar-refractivity contribution in [3.63, 3.8) is 0 Å². The number of benzene rings is 5. The van der Waals surface area contributed by atoms with Crippen LogP contribution >= 0.6 is 11.6 Å². The van der Waals surface area contributed by atoms with Gasteiger partial charge in [0.1, 0.15) is 23.9 Å². The quantitative estimate of drug-likeness (QED) is 0.0788. The zero-order chi connectivity index (χ0) is 30.7. The van der Waals surface area contributed by atoms with Crippen LogP contribution in [0.3, 0.4) is 0 Å². The SMILES string of the molecule is O=C(Oc1ccc(C=NNC(=O)c2ccccc2OCc2ccc(Cl)cc2)c(OC(=O)c2ccccc2)c1)c1ccccc1. The minimum absolute atomic E-state index is 0.0712. The van der Waals surface area contributed by atoms with Crippen LogP contribution in [0.25, 0.3) is 0 Å². The molecular weight excluding hydrogens is 580 g/mol. The number of hydrogen-bond acceptors (Lipinski definition) is 7. The molecule has 1 N–H and O–H groups in total. The zero-order valence-electron chi connectivity index (χ0n) is 23.2. The summed E-state index contributed by atoms with van der Waals surface area (Å²) in [4.78, 5) is 38.4. The zero-order valence-corrected chi connectivity index (χ0v) is 23.9. The van der Waals surface area contributed by atoms with Crippen molar-refractivity contribution in [1.82, 2.24) is 5.43 Å². The molecule has 5 aromatic rings. The van der Waals surface area contributed by atoms with E-state index in [0.717, 1.165) is 5.56 Å². The third-order valence-corrected chi connectivity index (χ3v) is 6.48. The van der Waals surface area contributed by atoms with Gasteiger partial charge in [0.25, 0.3) is 5.91 Å². The number of nitrogens with one attached hydrogen (secondary N) is 1. The predicted octanol–water partition coefficient (Wildman–Crippen LogP) is 7.12. The van der Waals surface area contributed by atoms with E-state index in [4.69, 9.17) is 25.8 Å². The molecule has 0 saturated heterocycles. The van der Waals surface area contributed by atoms with Gasteiger partial charge in [-0.15, -0.1) is 0 Å². The first-order chi connectivity index (χ1) is 21.5. The predicted molar refractivity (Wildman–Crippen MR) is 167 cm³/mol. The standard InChI is InChI=1S/C35H25ClN2O6/c36-28-18-15-24(16-19-28)23-42-31-14-8-7-13-30(31)33(39)38-37-22-27-17-20-29(43-34(40)25-9-3-1-4-10-25)21-32(27)44-35(41)26-11-5-2-6-12-26/h1-22H,23H2,(H,38,39). The fourth-order valence-corrected chi connectivity index (χ4v) is 4.11. The van der Waals surface area contributed by atoms with E-state index in [1.54, 1.807) is 103 Å². The third kappa shape index (κ3) is 7.96. The van der Waals surface area contributed by atoms with Crippen molar-refractivity contribution in [2.75, 3.05) is 0 Å². The smallest absolute Gasteiger partial charge is 0.343 e. The molecule has 9 heteroatoms. The van der Waals surface area contributed by atoms with E-state index in [9.17, 15) is 14.4 Å². The van der Waals surface area contributed by atoms with Crippen LogP contribution in [0, 0.1) is 0 Å². The summed E-state index contributed by atoms with van der Waals surface area (Å²) in [5.74, 6) is -1.11. The molecule has 0 aromatic heterocycles. The van der Waals surface area contributed by atoms with Gasteiger partial charge in [0.2, 0.25) is 0 Å². The Kier molecular flexibility index (Phi) is 9.76. The van der Waals surface area contributed by atoms with Crippen molar-refractivity contribution >= 4 is 35.7 Å². The van der Waals surface area contributed by atoms with Crippen molar-refractivity contribution in [2.45, 2.75) is 6.61 Å². The number of hydrogen-bond donors (Lipinski definition) is 1. The molecular formula is C35H25ClN2O6. The number of carbonyl (C=O) groups is 3. The van der Waals surface area contributed by atoms with Crippen LogP contribution in [0.4, 0.5) is 0 Å². The van der Waals surface area contributed by atoms with E-state index in [-0.39, 0.29) is 23.7 Å². The summed E-state index contributed by atoms with van der Waals surface area (Å²) in [6.07, 6.45) is 1.32. The maximum Gasteiger partial charge on any atom is 0.343 e. The second-order valence-corrected chi connectivity index (χ2v) is 9.76. The van der Waals surface area contributed by atoms with Gasteiger partial charge < -0.3 is 14.2 Å². The number of halogens is 1. The van der Waals surface area contributed by atoms with Crippen molar-refractivity contribution in [2.24, 2.45) is 5.10 Å². The van der Waals surface area contributed by atoms with Crippen molar-refractivity contribution in [3.05, 3.63) is 160 Å². The molecule has 5 rings (SSSR count). The number of para-hydroxylation sites is 1. The molecule has 0 aliphatic heterocycles. The number of nitrogens with zero attached hydrogens (tertiary/aromatic N) is 1. The molecule has 0 aliphatic rings. The van der Waals surface area contributed by atoms with Gasteiger partial charge in [0.05, 0.1) is 22.9 Å². The Balaban J connectivity index is 1.32. The Hall–Kier alpha value is -5.73. The summed E-state index contributed by atoms with van der Waals surface area (Å²) in [6.45, 7) is 0.238. The van der Waals surface area contributed by atoms with Crippen molar-refractivity contribution in [3.8, 4) is 17.2 Å². The molecule has 0 unspecified atom stereocenters. The summed E-state index contributed by atoms with van der Waals surface area (Å²) < 4.78 is 17.0. The van der Waals surface area contributed by atoms with Gasteiger partial charge in [-0.25, -0.2) is 15.0 Å². The Labute approximate surface area is 258 Å². The van der Waals surface area contributed by atoms with E-state index < -0.39 is 17.8 Å². The van der Waals surface area contributed by atoms with E-state index in [2.05, 4.69) is 10.5 Å². The summed E-state index contributed by atoms with van der Waals surface area (Å²) in [7, 11) is 0. The fourth-order valence-electron chi connectivity index (χ4n) is 3.99. The van der Waals surface area contributed by atoms with Crippen LogP contribution in [0.15, 0.2) is 132 Å². The summed E-state index contributed by atoms with van der Waals surface area (Å²) in [5, 5.41) is 4.69. The van der Waals surface area contributed by atoms with E-state index in [1.807, 2.05) is 12.1 Å². The lowest BCUT2D eigenvalue weighted by Crippen LogP contribution is -2.19. The van der Waals surface area contributed by atoms with E-state index in [1.165, 1.54) is 18.3 Å². The number of carbonyl (C=O) groups excluding carboxylic acids is 3. The molecule has 1 amide bonds. The lowest BCUT2D eigenvalue weighted by molar-refractivity contribution is 0.0731. The van der Waals surface area contributed by atoms with Gasteiger partial charge in [-0.3, -0.25) is 4.79 Å². The van der Waals surface area contributed by atoms with Gasteiger partial charge in [0.15, 0.2) is 0 Å². The lowest BCUT2D eigenvalue weighted by atomic mass is 10.2. The molecule has 218 valence electrons. The summed E-state index contributed by atoms with van der Waals surface area (Å²) in [6, 6.07) is 35.4.